The summed E-state index contributed by atoms with van der Waals surface area (Å²) in [7, 11) is 0. The molecule has 1 aliphatic heterocycles. The number of hydrogen-bond acceptors (Lipinski definition) is 3. The van der Waals surface area contributed by atoms with Crippen molar-refractivity contribution in [1.29, 1.82) is 0 Å². The Morgan fingerprint density at radius 2 is 2.31 bits per heavy atom. The lowest BCUT2D eigenvalue weighted by molar-refractivity contribution is 0.339. The van der Waals surface area contributed by atoms with Gasteiger partial charge in [0, 0.05) is 17.5 Å². The summed E-state index contributed by atoms with van der Waals surface area (Å²) in [5, 5.41) is 3.53. The topological polar surface area (TPSA) is 21.3 Å². The first-order valence-corrected chi connectivity index (χ1v) is 7.07. The Kier molecular flexibility index (Phi) is 4.13. The molecule has 1 aromatic rings. The van der Waals surface area contributed by atoms with Gasteiger partial charge in [-0.25, -0.2) is 0 Å². The Balaban J connectivity index is 2.25. The molecule has 1 heterocycles. The minimum Gasteiger partial charge on any atom is -0.494 e. The molecule has 0 spiro atoms. The predicted octanol–water partition coefficient (Wildman–Crippen LogP) is 2.98. The van der Waals surface area contributed by atoms with E-state index >= 15 is 0 Å². The average molecular weight is 237 g/mol. The van der Waals surface area contributed by atoms with Crippen molar-refractivity contribution in [2.24, 2.45) is 0 Å². The number of benzene rings is 1. The van der Waals surface area contributed by atoms with Crippen LogP contribution in [-0.4, -0.2) is 18.9 Å². The molecule has 0 saturated heterocycles. The Labute approximate surface area is 102 Å². The standard InChI is InChI=1S/C13H19NOS/c1-3-14-13-9-16-8-10-5-6-11(15-4-2)7-12(10)13/h5-7,13-14H,3-4,8-9H2,1-2H3. The van der Waals surface area contributed by atoms with E-state index in [9.17, 15) is 0 Å². The highest BCUT2D eigenvalue weighted by Crippen LogP contribution is 2.33. The smallest absolute Gasteiger partial charge is 0.119 e. The fourth-order valence-electron chi connectivity index (χ4n) is 2.08. The summed E-state index contributed by atoms with van der Waals surface area (Å²) in [6.07, 6.45) is 0. The molecule has 2 nitrogen and oxygen atoms in total. The Morgan fingerprint density at radius 1 is 1.44 bits per heavy atom. The second-order valence-corrected chi connectivity index (χ2v) is 4.95. The number of thioether (sulfide) groups is 1. The van der Waals surface area contributed by atoms with Crippen molar-refractivity contribution in [3.63, 3.8) is 0 Å². The van der Waals surface area contributed by atoms with E-state index in [0.717, 1.165) is 30.4 Å². The molecule has 1 N–H and O–H groups in total. The third-order valence-corrected chi connectivity index (χ3v) is 3.88. The maximum atomic E-state index is 5.56. The van der Waals surface area contributed by atoms with Crippen molar-refractivity contribution in [3.8, 4) is 5.75 Å². The first-order valence-electron chi connectivity index (χ1n) is 5.92. The molecule has 0 saturated carbocycles. The zero-order valence-corrected chi connectivity index (χ0v) is 10.8. The summed E-state index contributed by atoms with van der Waals surface area (Å²) in [5.74, 6) is 3.29. The SMILES string of the molecule is CCNC1CSCc2ccc(OCC)cc21. The van der Waals surface area contributed by atoms with E-state index in [-0.39, 0.29) is 0 Å². The second kappa shape index (κ2) is 5.60. The van der Waals surface area contributed by atoms with Crippen LogP contribution in [0.1, 0.15) is 31.0 Å². The number of rotatable bonds is 4. The molecular formula is C13H19NOS. The zero-order valence-electron chi connectivity index (χ0n) is 9.95. The largest absolute Gasteiger partial charge is 0.494 e. The Morgan fingerprint density at radius 3 is 3.06 bits per heavy atom. The minimum atomic E-state index is 0.485. The Hall–Kier alpha value is -0.670. The monoisotopic (exact) mass is 237 g/mol. The average Bonchev–Trinajstić information content (AvgIpc) is 2.31. The fraction of sp³-hybridized carbons (Fsp3) is 0.538. The van der Waals surface area contributed by atoms with E-state index in [1.807, 2.05) is 18.7 Å². The summed E-state index contributed by atoms with van der Waals surface area (Å²) < 4.78 is 5.56. The van der Waals surface area contributed by atoms with E-state index in [1.165, 1.54) is 11.1 Å². The summed E-state index contributed by atoms with van der Waals surface area (Å²) >= 11 is 2.00. The van der Waals surface area contributed by atoms with Gasteiger partial charge in [0.25, 0.3) is 0 Å². The van der Waals surface area contributed by atoms with E-state index in [2.05, 4.69) is 30.4 Å². The highest BCUT2D eigenvalue weighted by molar-refractivity contribution is 7.98. The van der Waals surface area contributed by atoms with Gasteiger partial charge in [0.05, 0.1) is 6.61 Å². The van der Waals surface area contributed by atoms with Gasteiger partial charge < -0.3 is 10.1 Å². The maximum Gasteiger partial charge on any atom is 0.119 e. The molecule has 3 heteroatoms. The van der Waals surface area contributed by atoms with Gasteiger partial charge in [-0.15, -0.1) is 0 Å². The lowest BCUT2D eigenvalue weighted by atomic mass is 10.0. The predicted molar refractivity (Wildman–Crippen MR) is 70.2 cm³/mol. The molecule has 1 atom stereocenters. The van der Waals surface area contributed by atoms with Crippen LogP contribution in [0.25, 0.3) is 0 Å². The fourth-order valence-corrected chi connectivity index (χ4v) is 3.21. The second-order valence-electron chi connectivity index (χ2n) is 3.92. The van der Waals surface area contributed by atoms with Crippen molar-refractivity contribution >= 4 is 11.8 Å². The van der Waals surface area contributed by atoms with Gasteiger partial charge in [-0.2, -0.15) is 11.8 Å². The molecule has 88 valence electrons. The molecule has 0 radical (unpaired) electrons. The van der Waals surface area contributed by atoms with Crippen LogP contribution >= 0.6 is 11.8 Å². The summed E-state index contributed by atoms with van der Waals surface area (Å²) in [4.78, 5) is 0. The van der Waals surface area contributed by atoms with Gasteiger partial charge in [-0.3, -0.25) is 0 Å². The third kappa shape index (κ3) is 2.53. The van der Waals surface area contributed by atoms with Gasteiger partial charge >= 0.3 is 0 Å². The first kappa shape index (κ1) is 11.8. The van der Waals surface area contributed by atoms with Gasteiger partial charge in [0.15, 0.2) is 0 Å². The molecule has 1 aliphatic rings. The third-order valence-electron chi connectivity index (χ3n) is 2.80. The van der Waals surface area contributed by atoms with Crippen molar-refractivity contribution in [2.75, 3.05) is 18.9 Å². The van der Waals surface area contributed by atoms with E-state index < -0.39 is 0 Å². The van der Waals surface area contributed by atoms with Crippen LogP contribution in [-0.2, 0) is 5.75 Å². The summed E-state index contributed by atoms with van der Waals surface area (Å²) in [6, 6.07) is 6.97. The lowest BCUT2D eigenvalue weighted by Crippen LogP contribution is -2.26. The molecular weight excluding hydrogens is 218 g/mol. The van der Waals surface area contributed by atoms with Crippen LogP contribution in [0.3, 0.4) is 0 Å². The van der Waals surface area contributed by atoms with Crippen molar-refractivity contribution in [2.45, 2.75) is 25.6 Å². The van der Waals surface area contributed by atoms with Crippen LogP contribution < -0.4 is 10.1 Å². The maximum absolute atomic E-state index is 5.56. The van der Waals surface area contributed by atoms with Crippen LogP contribution in [0.2, 0.25) is 0 Å². The molecule has 16 heavy (non-hydrogen) atoms. The molecule has 1 aromatic carbocycles. The molecule has 2 rings (SSSR count). The van der Waals surface area contributed by atoms with Crippen LogP contribution in [0, 0.1) is 0 Å². The lowest BCUT2D eigenvalue weighted by Gasteiger charge is -2.26. The Bertz CT molecular complexity index is 354. The van der Waals surface area contributed by atoms with Gasteiger partial charge in [-0.05, 0) is 36.7 Å². The highest BCUT2D eigenvalue weighted by atomic mass is 32.2. The van der Waals surface area contributed by atoms with Crippen molar-refractivity contribution in [3.05, 3.63) is 29.3 Å². The first-order chi connectivity index (χ1) is 7.85. The number of fused-ring (bicyclic) bond motifs is 1. The van der Waals surface area contributed by atoms with E-state index in [1.54, 1.807) is 0 Å². The van der Waals surface area contributed by atoms with Crippen molar-refractivity contribution in [1.82, 2.24) is 5.32 Å². The molecule has 1 unspecified atom stereocenters. The van der Waals surface area contributed by atoms with Gasteiger partial charge in [0.1, 0.15) is 5.75 Å². The molecule has 0 fully saturated rings. The summed E-state index contributed by atoms with van der Waals surface area (Å²) in [5.41, 5.74) is 2.87. The quantitative estimate of drug-likeness (QED) is 0.870. The molecule has 0 aliphatic carbocycles. The number of nitrogens with one attached hydrogen (secondary N) is 1. The summed E-state index contributed by atoms with van der Waals surface area (Å²) in [6.45, 7) is 5.94. The zero-order chi connectivity index (χ0) is 11.4. The molecule has 0 aromatic heterocycles. The number of hydrogen-bond donors (Lipinski definition) is 1. The van der Waals surface area contributed by atoms with Crippen LogP contribution in [0.5, 0.6) is 5.75 Å². The normalized spacial score (nSPS) is 19.2. The minimum absolute atomic E-state index is 0.485. The van der Waals surface area contributed by atoms with Crippen LogP contribution in [0.15, 0.2) is 18.2 Å². The van der Waals surface area contributed by atoms with Crippen molar-refractivity contribution < 1.29 is 4.74 Å². The highest BCUT2D eigenvalue weighted by Gasteiger charge is 2.20. The van der Waals surface area contributed by atoms with E-state index in [0.29, 0.717) is 6.04 Å². The van der Waals surface area contributed by atoms with Gasteiger partial charge in [-0.1, -0.05) is 13.0 Å². The van der Waals surface area contributed by atoms with Crippen LogP contribution in [0.4, 0.5) is 0 Å². The van der Waals surface area contributed by atoms with E-state index in [4.69, 9.17) is 4.74 Å². The van der Waals surface area contributed by atoms with Gasteiger partial charge in [0.2, 0.25) is 0 Å². The number of ether oxygens (including phenoxy) is 1. The molecule has 0 amide bonds. The molecule has 0 bridgehead atoms.